The third kappa shape index (κ3) is 5.78. The third-order valence-electron chi connectivity index (χ3n) is 5.29. The van der Waals surface area contributed by atoms with Crippen molar-refractivity contribution in [3.05, 3.63) is 40.8 Å². The van der Waals surface area contributed by atoms with E-state index in [0.29, 0.717) is 11.6 Å². The van der Waals surface area contributed by atoms with Gasteiger partial charge >= 0.3 is 5.97 Å². The molecule has 1 aliphatic rings. The van der Waals surface area contributed by atoms with Crippen LogP contribution in [0.2, 0.25) is 0 Å². The fraction of sp³-hybridized carbons (Fsp3) is 0.429. The van der Waals surface area contributed by atoms with Crippen molar-refractivity contribution < 1.29 is 24.2 Å². The smallest absolute Gasteiger partial charge is 0.348 e. The summed E-state index contributed by atoms with van der Waals surface area (Å²) in [5.41, 5.74) is 1.88. The molecule has 0 saturated heterocycles. The van der Waals surface area contributed by atoms with E-state index in [1.807, 2.05) is 0 Å². The number of rotatable bonds is 6. The van der Waals surface area contributed by atoms with Gasteiger partial charge in [-0.25, -0.2) is 4.79 Å². The Labute approximate surface area is 174 Å². The van der Waals surface area contributed by atoms with Gasteiger partial charge in [0.1, 0.15) is 4.88 Å². The maximum Gasteiger partial charge on any atom is 0.348 e. The highest BCUT2D eigenvalue weighted by molar-refractivity contribution is 7.56. The first-order valence-electron chi connectivity index (χ1n) is 9.69. The molecule has 1 aliphatic carbocycles. The first-order chi connectivity index (χ1) is 13.6. The Morgan fingerprint density at radius 1 is 1.17 bits per heavy atom. The van der Waals surface area contributed by atoms with Crippen LogP contribution in [0, 0.1) is 11.8 Å². The highest BCUT2D eigenvalue weighted by Gasteiger charge is 2.26. The normalized spacial score (nSPS) is 21.3. The zero-order chi connectivity index (χ0) is 21.2. The van der Waals surface area contributed by atoms with Crippen LogP contribution in [0.5, 0.6) is 0 Å². The molecule has 1 atom stereocenters. The van der Waals surface area contributed by atoms with Gasteiger partial charge in [-0.2, -0.15) is 0 Å². The van der Waals surface area contributed by atoms with Crippen molar-refractivity contribution in [3.63, 3.8) is 0 Å². The summed E-state index contributed by atoms with van der Waals surface area (Å²) in [6.07, 6.45) is 3.80. The second-order valence-corrected chi connectivity index (χ2v) is 11.5. The molecule has 1 aromatic carbocycles. The van der Waals surface area contributed by atoms with E-state index in [0.717, 1.165) is 53.0 Å². The van der Waals surface area contributed by atoms with Crippen LogP contribution < -0.4 is 5.32 Å². The van der Waals surface area contributed by atoms with E-state index in [-0.39, 0.29) is 22.9 Å². The van der Waals surface area contributed by atoms with Crippen LogP contribution in [0.1, 0.15) is 47.8 Å². The number of thiophene rings is 1. The van der Waals surface area contributed by atoms with Crippen molar-refractivity contribution in [1.82, 2.24) is 0 Å². The van der Waals surface area contributed by atoms with Crippen molar-refractivity contribution in [2.75, 3.05) is 12.0 Å². The first-order valence-corrected chi connectivity index (χ1v) is 12.8. The molecule has 1 fully saturated rings. The molecule has 8 heteroatoms. The highest BCUT2D eigenvalue weighted by atomic mass is 32.1. The van der Waals surface area contributed by atoms with Crippen molar-refractivity contribution in [2.45, 2.75) is 38.8 Å². The Morgan fingerprint density at radius 3 is 2.34 bits per heavy atom. The molecule has 0 aliphatic heterocycles. The third-order valence-corrected chi connectivity index (χ3v) is 7.41. The molecule has 1 saturated carbocycles. The monoisotopic (exact) mass is 435 g/mol. The SMILES string of the molecule is CP(=O)(O)Cc1ccc(-c2cc(NC(=O)[C@H]3CC[C@H](C)CC3)c(C(=O)O)s2)cc1. The van der Waals surface area contributed by atoms with Gasteiger partial charge in [-0.15, -0.1) is 11.3 Å². The summed E-state index contributed by atoms with van der Waals surface area (Å²) in [6.45, 7) is 3.51. The molecular weight excluding hydrogens is 409 g/mol. The fourth-order valence-corrected chi connectivity index (χ4v) is 5.50. The molecule has 6 nitrogen and oxygen atoms in total. The number of nitrogens with one attached hydrogen (secondary N) is 1. The Morgan fingerprint density at radius 2 is 1.79 bits per heavy atom. The highest BCUT2D eigenvalue weighted by Crippen LogP contribution is 2.41. The van der Waals surface area contributed by atoms with Gasteiger partial charge in [0.05, 0.1) is 5.69 Å². The van der Waals surface area contributed by atoms with Crippen LogP contribution >= 0.6 is 18.7 Å². The number of benzene rings is 1. The quantitative estimate of drug-likeness (QED) is 0.536. The molecule has 29 heavy (non-hydrogen) atoms. The summed E-state index contributed by atoms with van der Waals surface area (Å²) in [4.78, 5) is 34.7. The summed E-state index contributed by atoms with van der Waals surface area (Å²) < 4.78 is 11.6. The lowest BCUT2D eigenvalue weighted by Crippen LogP contribution is -2.27. The summed E-state index contributed by atoms with van der Waals surface area (Å²) in [6, 6.07) is 8.84. The van der Waals surface area contributed by atoms with E-state index in [4.69, 9.17) is 0 Å². The van der Waals surface area contributed by atoms with E-state index >= 15 is 0 Å². The number of anilines is 1. The maximum absolute atomic E-state index is 12.6. The van der Waals surface area contributed by atoms with Crippen LogP contribution in [-0.4, -0.2) is 28.5 Å². The van der Waals surface area contributed by atoms with E-state index in [9.17, 15) is 24.2 Å². The van der Waals surface area contributed by atoms with Gasteiger partial charge in [0.25, 0.3) is 0 Å². The van der Waals surface area contributed by atoms with E-state index in [1.54, 1.807) is 30.3 Å². The Hall–Kier alpha value is -1.95. The van der Waals surface area contributed by atoms with Crippen molar-refractivity contribution in [1.29, 1.82) is 0 Å². The average Bonchev–Trinajstić information content (AvgIpc) is 3.05. The molecule has 0 bridgehead atoms. The molecule has 156 valence electrons. The molecule has 1 heterocycles. The molecule has 3 N–H and O–H groups in total. The number of aromatic carboxylic acids is 1. The summed E-state index contributed by atoms with van der Waals surface area (Å²) in [5.74, 6) is -0.617. The number of carbonyl (C=O) groups excluding carboxylic acids is 1. The Bertz CT molecular complexity index is 938. The van der Waals surface area contributed by atoms with E-state index in [1.165, 1.54) is 6.66 Å². The largest absolute Gasteiger partial charge is 0.477 e. The molecule has 1 unspecified atom stereocenters. The Balaban J connectivity index is 1.79. The lowest BCUT2D eigenvalue weighted by Gasteiger charge is -2.25. The van der Waals surface area contributed by atoms with Gasteiger partial charge in [-0.05, 0) is 48.8 Å². The summed E-state index contributed by atoms with van der Waals surface area (Å²) in [5, 5.41) is 12.4. The van der Waals surface area contributed by atoms with E-state index < -0.39 is 13.3 Å². The Kier molecular flexibility index (Phi) is 6.62. The fourth-order valence-electron chi connectivity index (χ4n) is 3.66. The molecule has 3 rings (SSSR count). The predicted molar refractivity (Wildman–Crippen MR) is 116 cm³/mol. The van der Waals surface area contributed by atoms with Gasteiger partial charge < -0.3 is 15.3 Å². The predicted octanol–water partition coefficient (Wildman–Crippen LogP) is 5.28. The molecule has 2 aromatic rings. The van der Waals surface area contributed by atoms with Gasteiger partial charge in [-0.1, -0.05) is 31.2 Å². The minimum atomic E-state index is -3.15. The lowest BCUT2D eigenvalue weighted by molar-refractivity contribution is -0.121. The number of hydrogen-bond donors (Lipinski definition) is 3. The second kappa shape index (κ2) is 8.82. The van der Waals surface area contributed by atoms with Gasteiger partial charge in [0.2, 0.25) is 13.3 Å². The standard InChI is InChI=1S/C21H26NO5PS/c1-13-3-7-16(8-4-13)20(23)22-17-11-18(29-19(17)21(24)25)15-9-5-14(6-10-15)12-28(2,26)27/h5-6,9-11,13,16H,3-4,7-8,12H2,1-2H3,(H,22,23)(H,24,25)(H,26,27)/t13-,16-. The number of amides is 1. The zero-order valence-corrected chi connectivity index (χ0v) is 18.3. The van der Waals surface area contributed by atoms with Crippen LogP contribution in [0.4, 0.5) is 5.69 Å². The summed E-state index contributed by atoms with van der Waals surface area (Å²) >= 11 is 1.11. The zero-order valence-electron chi connectivity index (χ0n) is 16.6. The van der Waals surface area contributed by atoms with Crippen molar-refractivity contribution >= 4 is 36.3 Å². The molecule has 1 aromatic heterocycles. The van der Waals surface area contributed by atoms with Crippen LogP contribution in [0.25, 0.3) is 10.4 Å². The maximum atomic E-state index is 12.6. The topological polar surface area (TPSA) is 104 Å². The van der Waals surface area contributed by atoms with Crippen LogP contribution in [-0.2, 0) is 15.5 Å². The second-order valence-electron chi connectivity index (χ2n) is 8.01. The molecule has 0 radical (unpaired) electrons. The number of hydrogen-bond acceptors (Lipinski definition) is 4. The van der Waals surface area contributed by atoms with Crippen molar-refractivity contribution in [2.24, 2.45) is 11.8 Å². The van der Waals surface area contributed by atoms with Gasteiger partial charge in [0, 0.05) is 23.6 Å². The van der Waals surface area contributed by atoms with Gasteiger partial charge in [0.15, 0.2) is 0 Å². The number of carboxylic acids is 1. The molecule has 1 amide bonds. The van der Waals surface area contributed by atoms with Crippen molar-refractivity contribution in [3.8, 4) is 10.4 Å². The molecule has 0 spiro atoms. The number of carbonyl (C=O) groups is 2. The minimum Gasteiger partial charge on any atom is -0.477 e. The average molecular weight is 435 g/mol. The van der Waals surface area contributed by atoms with Gasteiger partial charge in [-0.3, -0.25) is 9.36 Å². The minimum absolute atomic E-state index is 0.0707. The lowest BCUT2D eigenvalue weighted by atomic mass is 9.82. The summed E-state index contributed by atoms with van der Waals surface area (Å²) in [7, 11) is -3.15. The van der Waals surface area contributed by atoms with Crippen LogP contribution in [0.3, 0.4) is 0 Å². The number of carboxylic acid groups (broad SMARTS) is 1. The van der Waals surface area contributed by atoms with E-state index in [2.05, 4.69) is 12.2 Å². The van der Waals surface area contributed by atoms with Crippen LogP contribution in [0.15, 0.2) is 30.3 Å². The molecular formula is C21H26NO5PS. The first kappa shape index (κ1) is 21.8.